The minimum Gasteiger partial charge on any atom is -0.487 e. The number of carbonyl (C=O) groups is 3. The van der Waals surface area contributed by atoms with E-state index in [2.05, 4.69) is 4.98 Å². The van der Waals surface area contributed by atoms with Crippen LogP contribution >= 0.6 is 11.6 Å². The number of ether oxygens (including phenoxy) is 2. The van der Waals surface area contributed by atoms with Gasteiger partial charge in [0.05, 0.1) is 22.3 Å². The van der Waals surface area contributed by atoms with E-state index in [4.69, 9.17) is 21.1 Å². The Morgan fingerprint density at radius 3 is 2.22 bits per heavy atom. The molecule has 3 heterocycles. The molecule has 8 nitrogen and oxygen atoms in total. The maximum Gasteiger partial charge on any atom is 0.422 e. The molecule has 0 bridgehead atoms. The number of fused-ring (bicyclic) bond motifs is 1. The van der Waals surface area contributed by atoms with E-state index < -0.39 is 35.4 Å². The third-order valence-corrected chi connectivity index (χ3v) is 7.72. The zero-order valence-corrected chi connectivity index (χ0v) is 27.0. The van der Waals surface area contributed by atoms with Gasteiger partial charge < -0.3 is 19.0 Å². The fourth-order valence-corrected chi connectivity index (χ4v) is 4.98. The fourth-order valence-electron chi connectivity index (χ4n) is 4.85. The molecule has 0 fully saturated rings. The number of alkyl halides is 3. The van der Waals surface area contributed by atoms with Gasteiger partial charge in [0.2, 0.25) is 5.78 Å². The highest BCUT2D eigenvalue weighted by atomic mass is 35.5. The lowest BCUT2D eigenvalue weighted by Gasteiger charge is -2.22. The topological polar surface area (TPSA) is 107 Å². The summed E-state index contributed by atoms with van der Waals surface area (Å²) in [5.74, 6) is -1.54. The molecule has 0 spiro atoms. The average molecular weight is 659 g/mol. The summed E-state index contributed by atoms with van der Waals surface area (Å²) < 4.78 is 50.6. The zero-order valence-electron chi connectivity index (χ0n) is 26.2. The molecule has 244 valence electrons. The van der Waals surface area contributed by atoms with Crippen molar-refractivity contribution in [2.75, 3.05) is 6.61 Å². The second-order valence-electron chi connectivity index (χ2n) is 12.7. The zero-order chi connectivity index (χ0) is 34.2. The number of benzene rings is 1. The van der Waals surface area contributed by atoms with Crippen molar-refractivity contribution in [1.82, 2.24) is 9.38 Å². The van der Waals surface area contributed by atoms with E-state index in [1.807, 2.05) is 0 Å². The fraction of sp³-hybridized carbons (Fsp3) is 0.353. The first-order valence-electron chi connectivity index (χ1n) is 14.3. The monoisotopic (exact) mass is 658 g/mol. The number of hydrogen-bond acceptors (Lipinski definition) is 6. The predicted octanol–water partition coefficient (Wildman–Crippen LogP) is 7.93. The standard InChI is InChI=1S/C34H34ClF3N2O6/c1-19-24(39-13-11-26(19)46-18-34(36,37)38)17-45-22-12-14-40-25(15-22)27(30(42)32(2,3)4)23(16-33(5,6)31(43)44)28(40)29(41)20-7-9-21(35)10-8-20/h7-15H,16-18H2,1-6H3,(H,43,44). The number of Topliss-reactive ketones (excluding diaryl/α,β-unsaturated/α-hetero) is 1. The maximum atomic E-state index is 14.1. The predicted molar refractivity (Wildman–Crippen MR) is 166 cm³/mol. The van der Waals surface area contributed by atoms with Crippen LogP contribution in [0.5, 0.6) is 11.5 Å². The first-order chi connectivity index (χ1) is 21.3. The summed E-state index contributed by atoms with van der Waals surface area (Å²) in [6, 6.07) is 10.7. The van der Waals surface area contributed by atoms with Crippen molar-refractivity contribution in [3.05, 3.63) is 93.5 Å². The van der Waals surface area contributed by atoms with Gasteiger partial charge in [-0.3, -0.25) is 19.4 Å². The summed E-state index contributed by atoms with van der Waals surface area (Å²) in [5.41, 5.74) is -0.291. The van der Waals surface area contributed by atoms with Crippen LogP contribution < -0.4 is 9.47 Å². The molecule has 0 saturated heterocycles. The largest absolute Gasteiger partial charge is 0.487 e. The lowest BCUT2D eigenvalue weighted by molar-refractivity contribution is -0.153. The number of aromatic nitrogens is 2. The molecular formula is C34H34ClF3N2O6. The number of carbonyl (C=O) groups excluding carboxylic acids is 2. The number of pyridine rings is 2. The highest BCUT2D eigenvalue weighted by Crippen LogP contribution is 2.37. The molecule has 4 rings (SSSR count). The van der Waals surface area contributed by atoms with E-state index in [1.165, 1.54) is 26.1 Å². The van der Waals surface area contributed by atoms with Crippen LogP contribution in [-0.4, -0.2) is 44.8 Å². The summed E-state index contributed by atoms with van der Waals surface area (Å²) in [4.78, 5) is 44.6. The molecule has 0 amide bonds. The van der Waals surface area contributed by atoms with Crippen molar-refractivity contribution in [3.63, 3.8) is 0 Å². The Balaban J connectivity index is 1.86. The van der Waals surface area contributed by atoms with Crippen molar-refractivity contribution in [2.45, 2.75) is 60.7 Å². The van der Waals surface area contributed by atoms with E-state index in [9.17, 15) is 32.7 Å². The second-order valence-corrected chi connectivity index (χ2v) is 13.1. The van der Waals surface area contributed by atoms with Crippen molar-refractivity contribution in [1.29, 1.82) is 0 Å². The van der Waals surface area contributed by atoms with E-state index in [1.54, 1.807) is 74.7 Å². The van der Waals surface area contributed by atoms with Gasteiger partial charge in [0.15, 0.2) is 12.4 Å². The molecule has 4 aromatic rings. The van der Waals surface area contributed by atoms with Gasteiger partial charge in [0.25, 0.3) is 0 Å². The molecule has 46 heavy (non-hydrogen) atoms. The van der Waals surface area contributed by atoms with Crippen LogP contribution in [0.15, 0.2) is 54.9 Å². The van der Waals surface area contributed by atoms with Crippen molar-refractivity contribution in [2.24, 2.45) is 10.8 Å². The second kappa shape index (κ2) is 12.8. The Morgan fingerprint density at radius 2 is 1.63 bits per heavy atom. The molecule has 12 heteroatoms. The van der Waals surface area contributed by atoms with Gasteiger partial charge >= 0.3 is 12.1 Å². The Bertz CT molecular complexity index is 1800. The molecule has 3 aromatic heterocycles. The average Bonchev–Trinajstić information content (AvgIpc) is 3.26. The molecule has 0 aliphatic heterocycles. The van der Waals surface area contributed by atoms with Crippen LogP contribution in [0, 0.1) is 17.8 Å². The number of hydrogen-bond donors (Lipinski definition) is 1. The number of rotatable bonds is 11. The minimum atomic E-state index is -4.51. The molecule has 0 aliphatic rings. The smallest absolute Gasteiger partial charge is 0.422 e. The SMILES string of the molecule is Cc1c(OCC(F)(F)F)ccnc1COc1ccn2c(C(=O)c3ccc(Cl)cc3)c(CC(C)(C)C(=O)O)c(C(=O)C(C)(C)C)c2c1. The molecule has 0 radical (unpaired) electrons. The highest BCUT2D eigenvalue weighted by molar-refractivity contribution is 6.30. The Morgan fingerprint density at radius 1 is 0.978 bits per heavy atom. The number of carboxylic acids is 1. The maximum absolute atomic E-state index is 14.1. The van der Waals surface area contributed by atoms with Crippen molar-refractivity contribution in [3.8, 4) is 11.5 Å². The number of nitrogens with zero attached hydrogens (tertiary/aromatic N) is 2. The minimum absolute atomic E-state index is 0.0158. The molecule has 0 aliphatic carbocycles. The van der Waals surface area contributed by atoms with Crippen LogP contribution in [-0.2, 0) is 17.8 Å². The lowest BCUT2D eigenvalue weighted by Crippen LogP contribution is -2.29. The molecule has 0 atom stereocenters. The Hall–Kier alpha value is -4.38. The lowest BCUT2D eigenvalue weighted by atomic mass is 9.79. The summed E-state index contributed by atoms with van der Waals surface area (Å²) >= 11 is 6.05. The molecule has 0 unspecified atom stereocenters. The van der Waals surface area contributed by atoms with Gasteiger partial charge in [-0.25, -0.2) is 0 Å². The molecule has 1 aromatic carbocycles. The first kappa shape index (κ1) is 34.5. The van der Waals surface area contributed by atoms with Crippen LogP contribution in [0.3, 0.4) is 0 Å². The number of ketones is 2. The van der Waals surface area contributed by atoms with Crippen LogP contribution in [0.25, 0.3) is 5.52 Å². The van der Waals surface area contributed by atoms with Gasteiger partial charge in [-0.05, 0) is 69.2 Å². The summed E-state index contributed by atoms with van der Waals surface area (Å²) in [5, 5.41) is 10.4. The van der Waals surface area contributed by atoms with E-state index >= 15 is 0 Å². The van der Waals surface area contributed by atoms with Gasteiger partial charge in [0.1, 0.15) is 18.1 Å². The first-order valence-corrected chi connectivity index (χ1v) is 14.7. The van der Waals surface area contributed by atoms with Gasteiger partial charge in [-0.15, -0.1) is 0 Å². The third kappa shape index (κ3) is 7.52. The van der Waals surface area contributed by atoms with E-state index in [-0.39, 0.29) is 47.1 Å². The third-order valence-electron chi connectivity index (χ3n) is 7.46. The van der Waals surface area contributed by atoms with Gasteiger partial charge in [-0.1, -0.05) is 32.4 Å². The molecular weight excluding hydrogens is 625 g/mol. The molecule has 0 saturated carbocycles. The van der Waals surface area contributed by atoms with Crippen molar-refractivity contribution < 1.29 is 42.1 Å². The van der Waals surface area contributed by atoms with E-state index in [0.29, 0.717) is 27.4 Å². The number of aliphatic carboxylic acids is 1. The quantitative estimate of drug-likeness (QED) is 0.163. The Kier molecular flexibility index (Phi) is 9.59. The van der Waals surface area contributed by atoms with Crippen LogP contribution in [0.2, 0.25) is 5.02 Å². The normalized spacial score (nSPS) is 12.3. The van der Waals surface area contributed by atoms with Gasteiger partial charge in [-0.2, -0.15) is 13.2 Å². The highest BCUT2D eigenvalue weighted by Gasteiger charge is 2.38. The number of halogens is 4. The summed E-state index contributed by atoms with van der Waals surface area (Å²) in [7, 11) is 0. The van der Waals surface area contributed by atoms with Crippen LogP contribution in [0.4, 0.5) is 13.2 Å². The van der Waals surface area contributed by atoms with Crippen LogP contribution in [0.1, 0.15) is 77.8 Å². The number of carboxylic acid groups (broad SMARTS) is 1. The Labute approximate surface area is 269 Å². The van der Waals surface area contributed by atoms with Crippen molar-refractivity contribution >= 4 is 34.7 Å². The van der Waals surface area contributed by atoms with E-state index in [0.717, 1.165) is 0 Å². The van der Waals surface area contributed by atoms with Gasteiger partial charge in [0, 0.05) is 45.6 Å². The summed E-state index contributed by atoms with van der Waals surface area (Å²) in [6.07, 6.45) is -1.75. The summed E-state index contributed by atoms with van der Waals surface area (Å²) in [6.45, 7) is 8.22. The molecule has 1 N–H and O–H groups in total.